The number of aliphatic hydroxyl groups is 2. The van der Waals surface area contributed by atoms with Crippen LogP contribution in [0.1, 0.15) is 17.4 Å². The van der Waals surface area contributed by atoms with Crippen LogP contribution in [0.4, 0.5) is 5.69 Å². The topological polar surface area (TPSA) is 91.7 Å². The number of rotatable bonds is 5. The quantitative estimate of drug-likeness (QED) is 0.629. The van der Waals surface area contributed by atoms with Gasteiger partial charge in [0.25, 0.3) is 0 Å². The van der Waals surface area contributed by atoms with Gasteiger partial charge in [-0.3, -0.25) is 0 Å². The van der Waals surface area contributed by atoms with Crippen LogP contribution in [-0.4, -0.2) is 47.0 Å². The van der Waals surface area contributed by atoms with Crippen molar-refractivity contribution in [2.24, 2.45) is 0 Å². The van der Waals surface area contributed by atoms with Crippen LogP contribution in [0.15, 0.2) is 18.3 Å². The number of carbonyl (C=O) groups is 1. The molecule has 0 saturated heterocycles. The van der Waals surface area contributed by atoms with Crippen LogP contribution in [0, 0.1) is 0 Å². The smallest absolute Gasteiger partial charge is 0.356 e. The monoisotopic (exact) mass is 240 g/mol. The summed E-state index contributed by atoms with van der Waals surface area (Å²) in [6.45, 7) is 1.31. The van der Waals surface area contributed by atoms with Gasteiger partial charge >= 0.3 is 5.97 Å². The maximum Gasteiger partial charge on any atom is 0.356 e. The van der Waals surface area contributed by atoms with Crippen LogP contribution in [0.25, 0.3) is 0 Å². The molecule has 0 aromatic carbocycles. The van der Waals surface area contributed by atoms with Crippen molar-refractivity contribution in [2.75, 3.05) is 25.6 Å². The molecule has 1 heterocycles. The first-order valence-corrected chi connectivity index (χ1v) is 5.10. The summed E-state index contributed by atoms with van der Waals surface area (Å²) in [4.78, 5) is 15.1. The van der Waals surface area contributed by atoms with E-state index in [0.717, 1.165) is 0 Å². The fraction of sp³-hybridized carbons (Fsp3) is 0.455. The predicted molar refractivity (Wildman–Crippen MR) is 61.8 cm³/mol. The highest BCUT2D eigenvalue weighted by molar-refractivity contribution is 5.88. The number of ether oxygens (including phenoxy) is 1. The van der Waals surface area contributed by atoms with Crippen LogP contribution in [0.2, 0.25) is 0 Å². The normalized spacial score (nSPS) is 13.9. The Morgan fingerprint density at radius 3 is 2.94 bits per heavy atom. The number of nitrogens with zero attached hydrogens (tertiary/aromatic N) is 1. The van der Waals surface area contributed by atoms with Gasteiger partial charge in [-0.15, -0.1) is 0 Å². The molecule has 6 heteroatoms. The second kappa shape index (κ2) is 5.60. The first-order chi connectivity index (χ1) is 7.98. The molecule has 1 rings (SSSR count). The zero-order chi connectivity index (χ0) is 12.9. The molecular formula is C11H16N2O4. The van der Waals surface area contributed by atoms with Gasteiger partial charge in [0, 0.05) is 18.4 Å². The summed E-state index contributed by atoms with van der Waals surface area (Å²) in [6, 6.07) is 3.17. The summed E-state index contributed by atoms with van der Waals surface area (Å²) >= 11 is 0. The summed E-state index contributed by atoms with van der Waals surface area (Å²) < 4.78 is 4.54. The van der Waals surface area contributed by atoms with Crippen LogP contribution in [0.5, 0.6) is 0 Å². The van der Waals surface area contributed by atoms with Gasteiger partial charge in [-0.25, -0.2) is 9.78 Å². The molecule has 0 bridgehead atoms. The summed E-state index contributed by atoms with van der Waals surface area (Å²) in [5, 5.41) is 21.4. The highest BCUT2D eigenvalue weighted by Gasteiger charge is 2.18. The van der Waals surface area contributed by atoms with Crippen LogP contribution < -0.4 is 5.32 Å². The van der Waals surface area contributed by atoms with Gasteiger partial charge in [-0.05, 0) is 19.1 Å². The Labute approximate surface area is 99.3 Å². The number of hydrogen-bond acceptors (Lipinski definition) is 6. The number of nitrogens with one attached hydrogen (secondary N) is 1. The van der Waals surface area contributed by atoms with Gasteiger partial charge in [0.2, 0.25) is 0 Å². The number of aromatic nitrogens is 1. The Hall–Kier alpha value is -1.66. The molecule has 0 amide bonds. The van der Waals surface area contributed by atoms with E-state index in [0.29, 0.717) is 5.69 Å². The van der Waals surface area contributed by atoms with Crippen molar-refractivity contribution in [3.05, 3.63) is 24.0 Å². The van der Waals surface area contributed by atoms with E-state index in [2.05, 4.69) is 15.0 Å². The summed E-state index contributed by atoms with van der Waals surface area (Å²) in [5.41, 5.74) is -0.412. The molecule has 0 aliphatic heterocycles. The van der Waals surface area contributed by atoms with Crippen LogP contribution in [-0.2, 0) is 4.74 Å². The summed E-state index contributed by atoms with van der Waals surface area (Å²) in [6.07, 6.45) is 1.46. The lowest BCUT2D eigenvalue weighted by atomic mass is 10.1. The van der Waals surface area contributed by atoms with Gasteiger partial charge in [0.15, 0.2) is 0 Å². The number of esters is 1. The minimum Gasteiger partial charge on any atom is -0.464 e. The lowest BCUT2D eigenvalue weighted by Crippen LogP contribution is -2.37. The number of methoxy groups -OCH3 is 1. The third kappa shape index (κ3) is 4.01. The number of anilines is 1. The molecule has 0 spiro atoms. The van der Waals surface area contributed by atoms with Crippen LogP contribution in [0.3, 0.4) is 0 Å². The number of hydrogen-bond donors (Lipinski definition) is 3. The second-order valence-electron chi connectivity index (χ2n) is 3.93. The molecule has 6 nitrogen and oxygen atoms in total. The zero-order valence-corrected chi connectivity index (χ0v) is 9.80. The molecule has 1 unspecified atom stereocenters. The highest BCUT2D eigenvalue weighted by atomic mass is 16.5. The Balaban J connectivity index is 2.70. The lowest BCUT2D eigenvalue weighted by Gasteiger charge is -2.21. The zero-order valence-electron chi connectivity index (χ0n) is 9.80. The summed E-state index contributed by atoms with van der Waals surface area (Å²) in [5.74, 6) is -0.525. The maximum atomic E-state index is 11.2. The van der Waals surface area contributed by atoms with Gasteiger partial charge in [-0.2, -0.15) is 0 Å². The molecule has 3 N–H and O–H groups in total. The van der Waals surface area contributed by atoms with Crippen molar-refractivity contribution in [1.82, 2.24) is 4.98 Å². The standard InChI is InChI=1S/C11H16N2O4/c1-11(16,7-14)6-13-8-3-4-12-9(5-8)10(15)17-2/h3-5,14,16H,6-7H2,1-2H3,(H,12,13). The Bertz CT molecular complexity index is 393. The van der Waals surface area contributed by atoms with Crippen molar-refractivity contribution in [2.45, 2.75) is 12.5 Å². The average Bonchev–Trinajstić information content (AvgIpc) is 2.36. The fourth-order valence-corrected chi connectivity index (χ4v) is 1.11. The highest BCUT2D eigenvalue weighted by Crippen LogP contribution is 2.11. The molecule has 1 aromatic rings. The average molecular weight is 240 g/mol. The van der Waals surface area contributed by atoms with Gasteiger partial charge < -0.3 is 20.3 Å². The Morgan fingerprint density at radius 1 is 1.65 bits per heavy atom. The molecule has 0 aliphatic carbocycles. The van der Waals surface area contributed by atoms with Crippen molar-refractivity contribution >= 4 is 11.7 Å². The largest absolute Gasteiger partial charge is 0.464 e. The molecular weight excluding hydrogens is 224 g/mol. The lowest BCUT2D eigenvalue weighted by molar-refractivity contribution is 0.0132. The number of aliphatic hydroxyl groups excluding tert-OH is 1. The van der Waals surface area contributed by atoms with E-state index < -0.39 is 11.6 Å². The molecule has 1 atom stereocenters. The number of carbonyl (C=O) groups excluding carboxylic acids is 1. The van der Waals surface area contributed by atoms with E-state index in [9.17, 15) is 9.90 Å². The van der Waals surface area contributed by atoms with E-state index in [1.165, 1.54) is 26.3 Å². The molecule has 0 aliphatic rings. The van der Waals surface area contributed by atoms with Crippen molar-refractivity contribution in [1.29, 1.82) is 0 Å². The molecule has 1 aromatic heterocycles. The first kappa shape index (κ1) is 13.4. The minimum absolute atomic E-state index is 0.161. The van der Waals surface area contributed by atoms with Gasteiger partial charge in [0.05, 0.1) is 13.7 Å². The molecule has 17 heavy (non-hydrogen) atoms. The molecule has 94 valence electrons. The van der Waals surface area contributed by atoms with Gasteiger partial charge in [0.1, 0.15) is 11.3 Å². The SMILES string of the molecule is COC(=O)c1cc(NCC(C)(O)CO)ccn1. The van der Waals surface area contributed by atoms with Gasteiger partial charge in [-0.1, -0.05) is 0 Å². The van der Waals surface area contributed by atoms with E-state index >= 15 is 0 Å². The first-order valence-electron chi connectivity index (χ1n) is 5.10. The number of pyridine rings is 1. The third-order valence-corrected chi connectivity index (χ3v) is 2.17. The van der Waals surface area contributed by atoms with Crippen LogP contribution >= 0.6 is 0 Å². The third-order valence-electron chi connectivity index (χ3n) is 2.17. The van der Waals surface area contributed by atoms with Crippen molar-refractivity contribution in [3.8, 4) is 0 Å². The molecule has 0 radical (unpaired) electrons. The summed E-state index contributed by atoms with van der Waals surface area (Å²) in [7, 11) is 1.28. The maximum absolute atomic E-state index is 11.2. The Kier molecular flexibility index (Phi) is 4.42. The van der Waals surface area contributed by atoms with E-state index in [4.69, 9.17) is 5.11 Å². The van der Waals surface area contributed by atoms with E-state index in [1.54, 1.807) is 6.07 Å². The van der Waals surface area contributed by atoms with Crippen molar-refractivity contribution < 1.29 is 19.7 Å². The molecule has 0 saturated carbocycles. The Morgan fingerprint density at radius 2 is 2.35 bits per heavy atom. The fourth-order valence-electron chi connectivity index (χ4n) is 1.11. The predicted octanol–water partition coefficient (Wildman–Crippen LogP) is 0.0234. The van der Waals surface area contributed by atoms with E-state index in [1.807, 2.05) is 0 Å². The minimum atomic E-state index is -1.21. The van der Waals surface area contributed by atoms with E-state index in [-0.39, 0.29) is 18.8 Å². The van der Waals surface area contributed by atoms with Crippen molar-refractivity contribution in [3.63, 3.8) is 0 Å². The second-order valence-corrected chi connectivity index (χ2v) is 3.93. The molecule has 0 fully saturated rings.